The Morgan fingerprint density at radius 1 is 1.18 bits per heavy atom. The zero-order valence-corrected chi connectivity index (χ0v) is 21.9. The zero-order chi connectivity index (χ0) is 27.7. The van der Waals surface area contributed by atoms with Crippen LogP contribution in [0.15, 0.2) is 54.7 Å². The Bertz CT molecular complexity index is 1450. The number of alkyl halides is 2. The molecule has 2 heterocycles. The van der Waals surface area contributed by atoms with Gasteiger partial charge in [-0.2, -0.15) is 5.26 Å². The summed E-state index contributed by atoms with van der Waals surface area (Å²) in [7, 11) is 0. The minimum absolute atomic E-state index is 0.0695. The third-order valence-electron chi connectivity index (χ3n) is 6.74. The summed E-state index contributed by atoms with van der Waals surface area (Å²) in [6.07, 6.45) is 2.83. The molecule has 2 aromatic carbocycles. The smallest absolute Gasteiger partial charge is 0.268 e. The molecule has 1 fully saturated rings. The lowest BCUT2D eigenvalue weighted by atomic mass is 9.86. The summed E-state index contributed by atoms with van der Waals surface area (Å²) in [4.78, 5) is 30.6. The van der Waals surface area contributed by atoms with Crippen LogP contribution in [-0.2, 0) is 10.2 Å². The fourth-order valence-corrected chi connectivity index (χ4v) is 4.57. The molecule has 1 saturated heterocycles. The van der Waals surface area contributed by atoms with Crippen LogP contribution in [0.25, 0.3) is 22.6 Å². The zero-order valence-electron chi connectivity index (χ0n) is 21.9. The number of halogens is 2. The van der Waals surface area contributed by atoms with Crippen LogP contribution in [-0.4, -0.2) is 46.8 Å². The molecule has 0 aliphatic carbocycles. The van der Waals surface area contributed by atoms with Gasteiger partial charge in [-0.1, -0.05) is 57.2 Å². The van der Waals surface area contributed by atoms with E-state index in [4.69, 9.17) is 5.26 Å². The second kappa shape index (κ2) is 10.3. The van der Waals surface area contributed by atoms with E-state index in [1.807, 2.05) is 31.2 Å². The first-order valence-electron chi connectivity index (χ1n) is 12.4. The summed E-state index contributed by atoms with van der Waals surface area (Å²) in [6.45, 7) is 7.23. The normalized spacial score (nSPS) is 17.3. The Morgan fingerprint density at radius 2 is 1.89 bits per heavy atom. The van der Waals surface area contributed by atoms with Crippen LogP contribution >= 0.6 is 0 Å². The number of nitrogens with one attached hydrogen (secondary N) is 1. The molecular formula is C30H30F2N4O2. The van der Waals surface area contributed by atoms with Gasteiger partial charge in [-0.15, -0.1) is 0 Å². The number of hydrogen-bond acceptors (Lipinski definition) is 4. The number of nitrogens with zero attached hydrogens (tertiary/aromatic N) is 3. The van der Waals surface area contributed by atoms with Gasteiger partial charge in [0, 0.05) is 18.0 Å². The first-order valence-corrected chi connectivity index (χ1v) is 12.4. The van der Waals surface area contributed by atoms with Gasteiger partial charge in [0.25, 0.3) is 11.8 Å². The van der Waals surface area contributed by atoms with E-state index < -0.39 is 43.3 Å². The molecule has 0 spiro atoms. The number of fused-ring (bicyclic) bond motifs is 1. The van der Waals surface area contributed by atoms with E-state index in [9.17, 15) is 18.4 Å². The number of benzene rings is 2. The Labute approximate surface area is 221 Å². The number of carbonyl (C=O) groups is 2. The summed E-state index contributed by atoms with van der Waals surface area (Å²) >= 11 is 0. The molecule has 1 N–H and O–H groups in total. The third kappa shape index (κ3) is 5.88. The highest BCUT2D eigenvalue weighted by Gasteiger charge is 2.47. The van der Waals surface area contributed by atoms with E-state index in [1.54, 1.807) is 12.1 Å². The van der Waals surface area contributed by atoms with Gasteiger partial charge in [-0.05, 0) is 52.8 Å². The molecule has 0 radical (unpaired) electrons. The number of carbonyl (C=O) groups excluding carboxylic acids is 2. The number of nitriles is 1. The fourth-order valence-electron chi connectivity index (χ4n) is 4.57. The number of rotatable bonds is 5. The van der Waals surface area contributed by atoms with Gasteiger partial charge in [-0.25, -0.2) is 8.78 Å². The Morgan fingerprint density at radius 3 is 2.55 bits per heavy atom. The van der Waals surface area contributed by atoms with Gasteiger partial charge in [0.05, 0.1) is 30.2 Å². The molecule has 0 bridgehead atoms. The van der Waals surface area contributed by atoms with Crippen molar-refractivity contribution in [3.05, 3.63) is 77.0 Å². The molecule has 1 aromatic heterocycles. The summed E-state index contributed by atoms with van der Waals surface area (Å²) in [5.74, 6) is -4.36. The summed E-state index contributed by atoms with van der Waals surface area (Å²) < 4.78 is 27.4. The first-order chi connectivity index (χ1) is 17.9. The predicted molar refractivity (Wildman–Crippen MR) is 143 cm³/mol. The number of amides is 2. The molecule has 196 valence electrons. The standard InChI is InChI=1S/C30H30F2N4O2/c1-19(21-6-8-22(9-7-21)29(2,3)4)13-20-5-10-26-25(14-20)24(11-12-34-26)28(38)35-17-27(37)36-18-30(31,32)15-23(36)16-33/h5-14,23H,15,17-18H2,1-4H3,(H,35,38)/b19-13+. The Hall–Kier alpha value is -4.12. The van der Waals surface area contributed by atoms with E-state index in [1.165, 1.54) is 11.8 Å². The van der Waals surface area contributed by atoms with E-state index >= 15 is 0 Å². The van der Waals surface area contributed by atoms with Crippen molar-refractivity contribution < 1.29 is 18.4 Å². The average Bonchev–Trinajstić information content (AvgIpc) is 3.20. The van der Waals surface area contributed by atoms with Gasteiger partial charge in [0.2, 0.25) is 5.91 Å². The maximum atomic E-state index is 13.7. The van der Waals surface area contributed by atoms with Gasteiger partial charge < -0.3 is 10.2 Å². The van der Waals surface area contributed by atoms with Crippen LogP contribution in [0.2, 0.25) is 0 Å². The van der Waals surface area contributed by atoms with Crippen molar-refractivity contribution >= 4 is 34.4 Å². The fraction of sp³-hybridized carbons (Fsp3) is 0.333. The van der Waals surface area contributed by atoms with Gasteiger partial charge in [-0.3, -0.25) is 14.6 Å². The summed E-state index contributed by atoms with van der Waals surface area (Å²) in [5.41, 5.74) is 5.26. The first kappa shape index (κ1) is 26.9. The van der Waals surface area contributed by atoms with Crippen molar-refractivity contribution in [2.75, 3.05) is 13.1 Å². The average molecular weight is 517 g/mol. The molecule has 8 heteroatoms. The molecule has 38 heavy (non-hydrogen) atoms. The van der Waals surface area contributed by atoms with Crippen LogP contribution in [0, 0.1) is 11.3 Å². The number of likely N-dealkylation sites (tertiary alicyclic amines) is 1. The predicted octanol–water partition coefficient (Wildman–Crippen LogP) is 5.58. The number of pyridine rings is 1. The molecule has 2 amide bonds. The second-order valence-electron chi connectivity index (χ2n) is 10.7. The van der Waals surface area contributed by atoms with E-state index in [0.717, 1.165) is 21.6 Å². The van der Waals surface area contributed by atoms with Crippen molar-refractivity contribution in [2.24, 2.45) is 0 Å². The van der Waals surface area contributed by atoms with E-state index in [2.05, 4.69) is 55.3 Å². The number of aromatic nitrogens is 1. The lowest BCUT2D eigenvalue weighted by Crippen LogP contribution is -2.43. The number of hydrogen-bond donors (Lipinski definition) is 1. The van der Waals surface area contributed by atoms with Crippen LogP contribution in [0.4, 0.5) is 8.78 Å². The molecular weight excluding hydrogens is 486 g/mol. The Kier molecular flexibility index (Phi) is 7.32. The maximum absolute atomic E-state index is 13.7. The van der Waals surface area contributed by atoms with E-state index in [0.29, 0.717) is 16.5 Å². The second-order valence-corrected chi connectivity index (χ2v) is 10.7. The molecule has 0 saturated carbocycles. The van der Waals surface area contributed by atoms with Gasteiger partial charge >= 0.3 is 0 Å². The molecule has 4 rings (SSSR count). The van der Waals surface area contributed by atoms with Crippen molar-refractivity contribution in [2.45, 2.75) is 51.5 Å². The highest BCUT2D eigenvalue weighted by Crippen LogP contribution is 2.31. The minimum Gasteiger partial charge on any atom is -0.343 e. The molecule has 1 unspecified atom stereocenters. The SMILES string of the molecule is C/C(=C\c1ccc2nccc(C(=O)NCC(=O)N3CC(F)(F)CC3C#N)c2c1)c1ccc(C(C)(C)C)cc1. The summed E-state index contributed by atoms with van der Waals surface area (Å²) in [5, 5.41) is 12.2. The van der Waals surface area contributed by atoms with Crippen molar-refractivity contribution in [1.29, 1.82) is 5.26 Å². The van der Waals surface area contributed by atoms with Crippen molar-refractivity contribution in [3.8, 4) is 6.07 Å². The maximum Gasteiger partial charge on any atom is 0.268 e. The molecule has 1 aliphatic rings. The highest BCUT2D eigenvalue weighted by atomic mass is 19.3. The van der Waals surface area contributed by atoms with Crippen LogP contribution < -0.4 is 5.32 Å². The lowest BCUT2D eigenvalue weighted by Gasteiger charge is -2.19. The number of allylic oxidation sites excluding steroid dienone is 1. The topological polar surface area (TPSA) is 86.1 Å². The monoisotopic (exact) mass is 516 g/mol. The lowest BCUT2D eigenvalue weighted by molar-refractivity contribution is -0.131. The largest absolute Gasteiger partial charge is 0.343 e. The van der Waals surface area contributed by atoms with Crippen molar-refractivity contribution in [3.63, 3.8) is 0 Å². The van der Waals surface area contributed by atoms with Crippen molar-refractivity contribution in [1.82, 2.24) is 15.2 Å². The van der Waals surface area contributed by atoms with Gasteiger partial charge in [0.15, 0.2) is 0 Å². The van der Waals surface area contributed by atoms with Crippen LogP contribution in [0.3, 0.4) is 0 Å². The summed E-state index contributed by atoms with van der Waals surface area (Å²) in [6, 6.07) is 16.1. The van der Waals surface area contributed by atoms with Crippen LogP contribution in [0.1, 0.15) is 61.2 Å². The third-order valence-corrected chi connectivity index (χ3v) is 6.74. The molecule has 1 atom stereocenters. The minimum atomic E-state index is -3.11. The highest BCUT2D eigenvalue weighted by molar-refractivity contribution is 6.07. The van der Waals surface area contributed by atoms with E-state index in [-0.39, 0.29) is 5.41 Å². The van der Waals surface area contributed by atoms with Crippen LogP contribution in [0.5, 0.6) is 0 Å². The quantitative estimate of drug-likeness (QED) is 0.449. The molecule has 1 aliphatic heterocycles. The molecule has 3 aromatic rings. The molecule has 6 nitrogen and oxygen atoms in total. The Balaban J connectivity index is 1.53. The van der Waals surface area contributed by atoms with Gasteiger partial charge in [0.1, 0.15) is 6.04 Å².